The fourth-order valence-electron chi connectivity index (χ4n) is 1.59. The van der Waals surface area contributed by atoms with Gasteiger partial charge in [0.15, 0.2) is 0 Å². The Morgan fingerprint density at radius 1 is 0.833 bits per heavy atom. The first kappa shape index (κ1) is 22.4. The Morgan fingerprint density at radius 2 is 1.28 bits per heavy atom. The predicted molar refractivity (Wildman–Crippen MR) is 88.6 cm³/mol. The summed E-state index contributed by atoms with van der Waals surface area (Å²) < 4.78 is 0. The molecule has 0 radical (unpaired) electrons. The smallest absolute Gasteiger partial charge is 0.0216 e. The summed E-state index contributed by atoms with van der Waals surface area (Å²) in [6.45, 7) is 18.8. The number of rotatable bonds is 3. The lowest BCUT2D eigenvalue weighted by molar-refractivity contribution is 0.821. The molecule has 1 aromatic carbocycles. The van der Waals surface area contributed by atoms with E-state index in [-0.39, 0.29) is 0 Å². The molecule has 0 N–H and O–H groups in total. The zero-order valence-corrected chi connectivity index (χ0v) is 14.3. The van der Waals surface area contributed by atoms with Gasteiger partial charge < -0.3 is 0 Å². The van der Waals surface area contributed by atoms with Gasteiger partial charge in [-0.1, -0.05) is 93.0 Å². The van der Waals surface area contributed by atoms with Gasteiger partial charge in [0.2, 0.25) is 0 Å². The first-order valence-corrected chi connectivity index (χ1v) is 7.83. The largest absolute Gasteiger partial charge is 0.0683 e. The fourth-order valence-corrected chi connectivity index (χ4v) is 1.59. The monoisotopic (exact) mass is 252 g/mol. The Labute approximate surface area is 117 Å². The normalized spacial score (nSPS) is 8.11. The summed E-state index contributed by atoms with van der Waals surface area (Å²) >= 11 is 0. The summed E-state index contributed by atoms with van der Waals surface area (Å²) in [5, 5.41) is 0. The third kappa shape index (κ3) is 10.4. The maximum absolute atomic E-state index is 2.26. The minimum atomic E-state index is 0.660. The van der Waals surface area contributed by atoms with Crippen molar-refractivity contribution >= 4 is 0 Å². The molecule has 1 aromatic rings. The van der Waals surface area contributed by atoms with E-state index in [1.54, 1.807) is 0 Å². The molecule has 0 nitrogen and oxygen atoms in total. The van der Waals surface area contributed by atoms with Crippen LogP contribution in [0.2, 0.25) is 0 Å². The molecule has 18 heavy (non-hydrogen) atoms. The van der Waals surface area contributed by atoms with Crippen molar-refractivity contribution in [1.29, 1.82) is 0 Å². The second kappa shape index (κ2) is 18.6. The molecule has 0 aromatic heterocycles. The van der Waals surface area contributed by atoms with Gasteiger partial charge in [0.1, 0.15) is 0 Å². The number of hydrogen-bond donors (Lipinski definition) is 0. The summed E-state index contributed by atoms with van der Waals surface area (Å²) in [5.74, 6) is 0.660. The highest BCUT2D eigenvalue weighted by molar-refractivity contribution is 5.29. The van der Waals surface area contributed by atoms with Crippen molar-refractivity contribution in [3.05, 3.63) is 35.4 Å². The zero-order valence-electron chi connectivity index (χ0n) is 14.3. The van der Waals surface area contributed by atoms with Gasteiger partial charge >= 0.3 is 0 Å². The molecule has 0 spiro atoms. The Balaban J connectivity index is -0.000000328. The van der Waals surface area contributed by atoms with Crippen molar-refractivity contribution < 1.29 is 0 Å². The molecule has 108 valence electrons. The maximum Gasteiger partial charge on any atom is -0.0216 e. The van der Waals surface area contributed by atoms with Gasteiger partial charge in [-0.25, -0.2) is 0 Å². The van der Waals surface area contributed by atoms with E-state index in [9.17, 15) is 0 Å². The van der Waals surface area contributed by atoms with Crippen LogP contribution in [0.1, 0.15) is 85.8 Å². The Hall–Kier alpha value is -0.780. The first-order valence-electron chi connectivity index (χ1n) is 7.83. The van der Waals surface area contributed by atoms with Crippen LogP contribution in [-0.2, 0) is 6.42 Å². The number of benzene rings is 1. The standard InChI is InChI=1S/C12H18.3C2H6/c1-4-7-11-8-5-6-9-12(11)10(2)3;3*1-2/h5-6,8-10H,4,7H2,1-3H3;3*1-2H3. The van der Waals surface area contributed by atoms with Gasteiger partial charge in [0.05, 0.1) is 0 Å². The van der Waals surface area contributed by atoms with E-state index in [4.69, 9.17) is 0 Å². The van der Waals surface area contributed by atoms with Crippen molar-refractivity contribution in [2.24, 2.45) is 0 Å². The molecule has 0 amide bonds. The van der Waals surface area contributed by atoms with Crippen LogP contribution in [0.5, 0.6) is 0 Å². The average Bonchev–Trinajstić information content (AvgIpc) is 2.46. The summed E-state index contributed by atoms with van der Waals surface area (Å²) in [6.07, 6.45) is 2.46. The number of hydrogen-bond acceptors (Lipinski definition) is 0. The predicted octanol–water partition coefficient (Wildman–Crippen LogP) is 6.84. The lowest BCUT2D eigenvalue weighted by Crippen LogP contribution is -1.94. The van der Waals surface area contributed by atoms with Crippen molar-refractivity contribution in [2.45, 2.75) is 81.1 Å². The summed E-state index contributed by atoms with van der Waals surface area (Å²) in [4.78, 5) is 0. The second-order valence-electron chi connectivity index (χ2n) is 3.60. The topological polar surface area (TPSA) is 0 Å². The van der Waals surface area contributed by atoms with Crippen LogP contribution >= 0.6 is 0 Å². The van der Waals surface area contributed by atoms with Gasteiger partial charge in [-0.05, 0) is 23.5 Å². The van der Waals surface area contributed by atoms with E-state index in [0.29, 0.717) is 5.92 Å². The first-order chi connectivity index (χ1) is 8.75. The molecular formula is C18H36. The van der Waals surface area contributed by atoms with Crippen LogP contribution in [-0.4, -0.2) is 0 Å². The fraction of sp³-hybridized carbons (Fsp3) is 0.667. The molecule has 0 fully saturated rings. The molecular weight excluding hydrogens is 216 g/mol. The molecule has 0 aliphatic carbocycles. The highest BCUT2D eigenvalue weighted by Gasteiger charge is 2.03. The van der Waals surface area contributed by atoms with E-state index in [1.165, 1.54) is 24.0 Å². The van der Waals surface area contributed by atoms with E-state index in [0.717, 1.165) is 0 Å². The third-order valence-corrected chi connectivity index (χ3v) is 2.20. The highest BCUT2D eigenvalue weighted by atomic mass is 14.1. The van der Waals surface area contributed by atoms with Crippen LogP contribution in [0.4, 0.5) is 0 Å². The summed E-state index contributed by atoms with van der Waals surface area (Å²) in [5.41, 5.74) is 3.04. The third-order valence-electron chi connectivity index (χ3n) is 2.20. The van der Waals surface area contributed by atoms with Crippen LogP contribution in [0.15, 0.2) is 24.3 Å². The Kier molecular flexibility index (Phi) is 23.1. The van der Waals surface area contributed by atoms with Gasteiger partial charge in [-0.3, -0.25) is 0 Å². The number of aryl methyl sites for hydroxylation is 1. The van der Waals surface area contributed by atoms with Crippen LogP contribution in [0, 0.1) is 0 Å². The molecule has 0 saturated carbocycles. The van der Waals surface area contributed by atoms with Crippen molar-refractivity contribution in [2.75, 3.05) is 0 Å². The quantitative estimate of drug-likeness (QED) is 0.552. The second-order valence-corrected chi connectivity index (χ2v) is 3.60. The van der Waals surface area contributed by atoms with E-state index >= 15 is 0 Å². The Bertz CT molecular complexity index is 236. The zero-order chi connectivity index (χ0) is 15.0. The molecule has 1 rings (SSSR count). The lowest BCUT2D eigenvalue weighted by atomic mass is 9.95. The van der Waals surface area contributed by atoms with E-state index in [2.05, 4.69) is 45.0 Å². The molecule has 0 heteroatoms. The molecule has 0 heterocycles. The summed E-state index contributed by atoms with van der Waals surface area (Å²) in [6, 6.07) is 8.76. The van der Waals surface area contributed by atoms with Gasteiger partial charge in [0, 0.05) is 0 Å². The average molecular weight is 252 g/mol. The minimum Gasteiger partial charge on any atom is -0.0683 e. The van der Waals surface area contributed by atoms with Crippen LogP contribution in [0.25, 0.3) is 0 Å². The molecule has 0 aliphatic rings. The minimum absolute atomic E-state index is 0.660. The maximum atomic E-state index is 2.26. The van der Waals surface area contributed by atoms with Crippen molar-refractivity contribution in [1.82, 2.24) is 0 Å². The Morgan fingerprint density at radius 3 is 1.67 bits per heavy atom. The van der Waals surface area contributed by atoms with Crippen molar-refractivity contribution in [3.8, 4) is 0 Å². The van der Waals surface area contributed by atoms with E-state index < -0.39 is 0 Å². The lowest BCUT2D eigenvalue weighted by Gasteiger charge is -2.11. The van der Waals surface area contributed by atoms with Gasteiger partial charge in [-0.2, -0.15) is 0 Å². The van der Waals surface area contributed by atoms with Crippen LogP contribution in [0.3, 0.4) is 0 Å². The summed E-state index contributed by atoms with van der Waals surface area (Å²) in [7, 11) is 0. The molecule has 0 aliphatic heterocycles. The molecule has 0 saturated heterocycles. The molecule has 0 atom stereocenters. The SMILES string of the molecule is CC.CC.CC.CCCc1ccccc1C(C)C. The van der Waals surface area contributed by atoms with Gasteiger partial charge in [-0.15, -0.1) is 0 Å². The molecule has 0 bridgehead atoms. The molecule has 0 unspecified atom stereocenters. The highest BCUT2D eigenvalue weighted by Crippen LogP contribution is 2.19. The van der Waals surface area contributed by atoms with E-state index in [1.807, 2.05) is 41.5 Å². The van der Waals surface area contributed by atoms with Crippen LogP contribution < -0.4 is 0 Å². The van der Waals surface area contributed by atoms with Gasteiger partial charge in [0.25, 0.3) is 0 Å². The van der Waals surface area contributed by atoms with Crippen molar-refractivity contribution in [3.63, 3.8) is 0 Å².